The number of nitrogens with one attached hydrogen (secondary N) is 1. The van der Waals surface area contributed by atoms with Gasteiger partial charge in [0.25, 0.3) is 0 Å². The molecule has 2 aromatic carbocycles. The van der Waals surface area contributed by atoms with Crippen molar-refractivity contribution >= 4 is 17.6 Å². The Morgan fingerprint density at radius 2 is 2.03 bits per heavy atom. The minimum Gasteiger partial charge on any atom is -0.508 e. The van der Waals surface area contributed by atoms with E-state index < -0.39 is 11.9 Å². The highest BCUT2D eigenvalue weighted by Gasteiger charge is 2.25. The Hall–Kier alpha value is -3.06. The summed E-state index contributed by atoms with van der Waals surface area (Å²) in [6.45, 7) is 3.35. The second-order valence-electron chi connectivity index (χ2n) is 7.97. The van der Waals surface area contributed by atoms with E-state index in [4.69, 9.17) is 14.6 Å². The van der Waals surface area contributed by atoms with Gasteiger partial charge in [-0.3, -0.25) is 4.79 Å². The molecule has 1 aliphatic carbocycles. The lowest BCUT2D eigenvalue weighted by atomic mass is 9.98. The Morgan fingerprint density at radius 3 is 2.77 bits per heavy atom. The van der Waals surface area contributed by atoms with E-state index in [0.717, 1.165) is 66.7 Å². The number of aryl methyl sites for hydroxylation is 1. The second kappa shape index (κ2) is 8.36. The number of phenolic OH excluding ortho intramolecular Hbond substituents is 1. The lowest BCUT2D eigenvalue weighted by Gasteiger charge is -2.18. The van der Waals surface area contributed by atoms with Gasteiger partial charge in [0.1, 0.15) is 17.2 Å². The van der Waals surface area contributed by atoms with Crippen LogP contribution in [0.15, 0.2) is 24.3 Å². The lowest BCUT2D eigenvalue weighted by molar-refractivity contribution is -0.147. The van der Waals surface area contributed by atoms with Gasteiger partial charge in [-0.25, -0.2) is 4.79 Å². The third kappa shape index (κ3) is 4.11. The van der Waals surface area contributed by atoms with Crippen molar-refractivity contribution in [2.45, 2.75) is 39.0 Å². The molecule has 2 aromatic rings. The van der Waals surface area contributed by atoms with E-state index in [9.17, 15) is 14.7 Å². The van der Waals surface area contributed by atoms with Gasteiger partial charge in [0.15, 0.2) is 0 Å². The summed E-state index contributed by atoms with van der Waals surface area (Å²) >= 11 is 0. The molecule has 1 unspecified atom stereocenters. The third-order valence-corrected chi connectivity index (χ3v) is 5.78. The Kier molecular flexibility index (Phi) is 5.63. The van der Waals surface area contributed by atoms with Gasteiger partial charge in [0, 0.05) is 24.5 Å². The normalized spacial score (nSPS) is 17.6. The number of aliphatic carboxylic acids is 1. The van der Waals surface area contributed by atoms with Crippen LogP contribution in [0.3, 0.4) is 0 Å². The first-order valence-electron chi connectivity index (χ1n) is 10.2. The summed E-state index contributed by atoms with van der Waals surface area (Å²) in [4.78, 5) is 22.6. The molecule has 2 aliphatic rings. The molecule has 3 N–H and O–H groups in total. The van der Waals surface area contributed by atoms with E-state index in [1.165, 1.54) is 0 Å². The number of fused-ring (bicyclic) bond motifs is 1. The first-order valence-corrected chi connectivity index (χ1v) is 10.2. The van der Waals surface area contributed by atoms with Gasteiger partial charge in [-0.15, -0.1) is 0 Å². The molecular formula is C23H25NO6. The van der Waals surface area contributed by atoms with Crippen molar-refractivity contribution in [2.24, 2.45) is 5.92 Å². The predicted molar refractivity (Wildman–Crippen MR) is 110 cm³/mol. The van der Waals surface area contributed by atoms with Gasteiger partial charge in [0.05, 0.1) is 0 Å². The summed E-state index contributed by atoms with van der Waals surface area (Å²) in [6.07, 6.45) is 4.19. The Bertz CT molecular complexity index is 994. The average Bonchev–Trinajstić information content (AvgIpc) is 3.39. The molecule has 158 valence electrons. The van der Waals surface area contributed by atoms with E-state index in [2.05, 4.69) is 5.32 Å². The largest absolute Gasteiger partial charge is 0.508 e. The Morgan fingerprint density at radius 1 is 1.23 bits per heavy atom. The van der Waals surface area contributed by atoms with Gasteiger partial charge in [0.2, 0.25) is 0 Å². The van der Waals surface area contributed by atoms with Gasteiger partial charge in [-0.05, 0) is 85.9 Å². The molecular weight excluding hydrogens is 386 g/mol. The molecule has 4 rings (SSSR count). The zero-order chi connectivity index (χ0) is 21.3. The van der Waals surface area contributed by atoms with Crippen molar-refractivity contribution in [3.63, 3.8) is 0 Å². The number of carboxylic acids is 1. The number of anilines is 1. The highest BCUT2D eigenvalue weighted by molar-refractivity contribution is 6.36. The number of carboxylic acid groups (broad SMARTS) is 1. The van der Waals surface area contributed by atoms with Gasteiger partial charge < -0.3 is 25.0 Å². The molecule has 1 fully saturated rings. The number of carbonyl (C=O) groups is 2. The number of hydrogen-bond donors (Lipinski definition) is 3. The summed E-state index contributed by atoms with van der Waals surface area (Å²) < 4.78 is 11.7. The number of amides is 1. The molecule has 30 heavy (non-hydrogen) atoms. The first kappa shape index (κ1) is 20.2. The van der Waals surface area contributed by atoms with Gasteiger partial charge >= 0.3 is 11.9 Å². The fraction of sp³-hybridized carbons (Fsp3) is 0.391. The van der Waals surface area contributed by atoms with Crippen LogP contribution in [0.1, 0.15) is 35.1 Å². The maximum Gasteiger partial charge on any atom is 0.394 e. The van der Waals surface area contributed by atoms with Crippen LogP contribution in [0.2, 0.25) is 0 Å². The summed E-state index contributed by atoms with van der Waals surface area (Å²) in [5.41, 5.74) is 4.10. The fourth-order valence-corrected chi connectivity index (χ4v) is 4.29. The number of ether oxygens (including phenoxy) is 2. The summed E-state index contributed by atoms with van der Waals surface area (Å²) in [6, 6.07) is 7.02. The minimum atomic E-state index is -1.51. The average molecular weight is 411 g/mol. The Balaban J connectivity index is 1.61. The van der Waals surface area contributed by atoms with Crippen LogP contribution >= 0.6 is 0 Å². The zero-order valence-electron chi connectivity index (χ0n) is 16.9. The molecule has 7 nitrogen and oxygen atoms in total. The van der Waals surface area contributed by atoms with Crippen molar-refractivity contribution in [3.8, 4) is 17.2 Å². The molecule has 0 radical (unpaired) electrons. The molecule has 1 heterocycles. The van der Waals surface area contributed by atoms with Crippen LogP contribution in [-0.2, 0) is 33.6 Å². The summed E-state index contributed by atoms with van der Waals surface area (Å²) in [5.74, 6) is -0.532. The van der Waals surface area contributed by atoms with Crippen LogP contribution in [0, 0.1) is 12.8 Å². The number of phenols is 1. The predicted octanol–water partition coefficient (Wildman–Crippen LogP) is 3.58. The first-order chi connectivity index (χ1) is 14.4. The highest BCUT2D eigenvalue weighted by atomic mass is 16.5. The maximum absolute atomic E-state index is 11.6. The fourth-order valence-electron chi connectivity index (χ4n) is 4.29. The van der Waals surface area contributed by atoms with E-state index >= 15 is 0 Å². The third-order valence-electron chi connectivity index (χ3n) is 5.78. The Labute approximate surface area is 174 Å². The molecule has 1 atom stereocenters. The maximum atomic E-state index is 11.6. The van der Waals surface area contributed by atoms with Crippen LogP contribution in [0.25, 0.3) is 0 Å². The number of benzene rings is 2. The van der Waals surface area contributed by atoms with Crippen molar-refractivity contribution in [3.05, 3.63) is 46.5 Å². The quantitative estimate of drug-likeness (QED) is 0.650. The van der Waals surface area contributed by atoms with Crippen LogP contribution in [0.5, 0.6) is 17.2 Å². The number of carbonyl (C=O) groups excluding carboxylic acids is 1. The summed E-state index contributed by atoms with van der Waals surface area (Å²) in [7, 11) is 0. The van der Waals surface area contributed by atoms with Gasteiger partial charge in [-0.1, -0.05) is 0 Å². The van der Waals surface area contributed by atoms with E-state index in [1.54, 1.807) is 18.2 Å². The smallest absolute Gasteiger partial charge is 0.394 e. The van der Waals surface area contributed by atoms with Crippen LogP contribution in [0.4, 0.5) is 5.69 Å². The molecule has 0 aromatic heterocycles. The molecule has 1 aliphatic heterocycles. The van der Waals surface area contributed by atoms with Crippen molar-refractivity contribution < 1.29 is 29.3 Å². The molecule has 0 spiro atoms. The molecule has 0 bridgehead atoms. The molecule has 7 heteroatoms. The van der Waals surface area contributed by atoms with E-state index in [-0.39, 0.29) is 5.75 Å². The molecule has 0 saturated carbocycles. The number of rotatable bonds is 5. The lowest BCUT2D eigenvalue weighted by Crippen LogP contribution is -2.22. The van der Waals surface area contributed by atoms with E-state index in [0.29, 0.717) is 24.0 Å². The summed E-state index contributed by atoms with van der Waals surface area (Å²) in [5, 5.41) is 21.6. The van der Waals surface area contributed by atoms with Gasteiger partial charge in [-0.2, -0.15) is 0 Å². The number of hydrogen-bond acceptors (Lipinski definition) is 5. The topological polar surface area (TPSA) is 105 Å². The van der Waals surface area contributed by atoms with Crippen LogP contribution < -0.4 is 10.1 Å². The van der Waals surface area contributed by atoms with E-state index in [1.807, 2.05) is 13.0 Å². The number of aromatic hydroxyl groups is 1. The second-order valence-corrected chi connectivity index (χ2v) is 7.97. The molecule has 1 amide bonds. The van der Waals surface area contributed by atoms with Crippen molar-refractivity contribution in [1.29, 1.82) is 0 Å². The monoisotopic (exact) mass is 411 g/mol. The van der Waals surface area contributed by atoms with Crippen molar-refractivity contribution in [2.75, 3.05) is 18.5 Å². The standard InChI is InChI=1S/C23H25NO6/c1-13-9-19(24-22(26)23(27)28)17-3-2-4-18(17)21(13)30-16-5-6-20(25)15(11-16)10-14-7-8-29-12-14/h5-6,9,11,14,25H,2-4,7-8,10,12H2,1H3,(H,24,26)(H,27,28). The molecule has 1 saturated heterocycles. The highest BCUT2D eigenvalue weighted by Crippen LogP contribution is 2.41. The van der Waals surface area contributed by atoms with Crippen LogP contribution in [-0.4, -0.2) is 35.3 Å². The zero-order valence-corrected chi connectivity index (χ0v) is 16.9. The minimum absolute atomic E-state index is 0.253. The van der Waals surface area contributed by atoms with Crippen molar-refractivity contribution in [1.82, 2.24) is 0 Å². The SMILES string of the molecule is Cc1cc(NC(=O)C(=O)O)c2c(c1Oc1ccc(O)c(CC3CCOC3)c1)CCC2.